The molecule has 0 aliphatic carbocycles. The van der Waals surface area contributed by atoms with Gasteiger partial charge in [0.25, 0.3) is 0 Å². The summed E-state index contributed by atoms with van der Waals surface area (Å²) in [5.41, 5.74) is 0.711. The van der Waals surface area contributed by atoms with Gasteiger partial charge in [-0.3, -0.25) is 4.90 Å². The van der Waals surface area contributed by atoms with Gasteiger partial charge in [-0.15, -0.1) is 0 Å². The molecule has 2 aromatic rings. The number of hydrogen-bond donors (Lipinski definition) is 1. The van der Waals surface area contributed by atoms with E-state index in [0.717, 1.165) is 22.7 Å². The Morgan fingerprint density at radius 2 is 1.80 bits per heavy atom. The number of nitrogens with zero attached hydrogens (tertiary/aromatic N) is 1. The molecule has 0 aliphatic rings. The molecule has 2 rings (SSSR count). The number of anilines is 2. The number of benzene rings is 2. The summed E-state index contributed by atoms with van der Waals surface area (Å²) in [4.78, 5) is 13.3. The van der Waals surface area contributed by atoms with Gasteiger partial charge in [-0.05, 0) is 30.3 Å². The number of carbonyl (C=O) groups excluding carboxylic acids is 1. The van der Waals surface area contributed by atoms with Gasteiger partial charge in [-0.1, -0.05) is 22.0 Å². The van der Waals surface area contributed by atoms with Crippen LogP contribution in [0, 0.1) is 11.6 Å². The van der Waals surface area contributed by atoms with Crippen molar-refractivity contribution in [1.82, 2.24) is 0 Å². The third-order valence-corrected chi connectivity index (χ3v) is 3.11. The molecule has 0 saturated carbocycles. The van der Waals surface area contributed by atoms with Crippen molar-refractivity contribution in [3.8, 4) is 0 Å². The molecular weight excluding hydrogens is 330 g/mol. The van der Waals surface area contributed by atoms with Crippen molar-refractivity contribution >= 4 is 33.3 Å². The van der Waals surface area contributed by atoms with Gasteiger partial charge in [0.1, 0.15) is 11.6 Å². The molecule has 2 amide bonds. The van der Waals surface area contributed by atoms with Crippen molar-refractivity contribution in [2.45, 2.75) is 0 Å². The second-order valence-electron chi connectivity index (χ2n) is 4.13. The van der Waals surface area contributed by atoms with Crippen LogP contribution in [0.1, 0.15) is 0 Å². The molecular formula is C14H11BrF2N2O. The molecule has 1 N–H and O–H groups in total. The second-order valence-corrected chi connectivity index (χ2v) is 5.04. The van der Waals surface area contributed by atoms with E-state index in [9.17, 15) is 13.6 Å². The number of carbonyl (C=O) groups is 1. The Kier molecular flexibility index (Phi) is 4.34. The highest BCUT2D eigenvalue weighted by molar-refractivity contribution is 9.10. The standard InChI is InChI=1S/C14H11BrF2N2O/c1-19(13-4-2-3-9(15)5-13)14(20)18-12-7-10(16)6-11(17)8-12/h2-8H,1H3,(H,18,20). The van der Waals surface area contributed by atoms with Crippen LogP contribution >= 0.6 is 15.9 Å². The highest BCUT2D eigenvalue weighted by Gasteiger charge is 2.12. The van der Waals surface area contributed by atoms with Gasteiger partial charge < -0.3 is 5.32 Å². The molecule has 0 fully saturated rings. The number of hydrogen-bond acceptors (Lipinski definition) is 1. The zero-order valence-electron chi connectivity index (χ0n) is 10.5. The van der Waals surface area contributed by atoms with Gasteiger partial charge >= 0.3 is 6.03 Å². The Hall–Kier alpha value is -1.95. The van der Waals surface area contributed by atoms with Crippen molar-refractivity contribution < 1.29 is 13.6 Å². The van der Waals surface area contributed by atoms with E-state index in [1.165, 1.54) is 4.90 Å². The molecule has 0 saturated heterocycles. The molecule has 0 radical (unpaired) electrons. The van der Waals surface area contributed by atoms with Crippen molar-refractivity contribution in [1.29, 1.82) is 0 Å². The van der Waals surface area contributed by atoms with Crippen LogP contribution < -0.4 is 10.2 Å². The quantitative estimate of drug-likeness (QED) is 0.863. The highest BCUT2D eigenvalue weighted by Crippen LogP contribution is 2.20. The lowest BCUT2D eigenvalue weighted by atomic mass is 10.3. The lowest BCUT2D eigenvalue weighted by Gasteiger charge is -2.18. The minimum atomic E-state index is -0.745. The Labute approximate surface area is 123 Å². The largest absolute Gasteiger partial charge is 0.326 e. The average Bonchev–Trinajstić information content (AvgIpc) is 2.36. The Morgan fingerprint density at radius 3 is 2.40 bits per heavy atom. The molecule has 3 nitrogen and oxygen atoms in total. The minimum Gasteiger partial charge on any atom is -0.307 e. The number of nitrogens with one attached hydrogen (secondary N) is 1. The number of urea groups is 1. The van der Waals surface area contributed by atoms with Gasteiger partial charge in [-0.25, -0.2) is 13.6 Å². The van der Waals surface area contributed by atoms with E-state index in [-0.39, 0.29) is 5.69 Å². The Morgan fingerprint density at radius 1 is 1.15 bits per heavy atom. The van der Waals surface area contributed by atoms with Gasteiger partial charge in [0, 0.05) is 29.0 Å². The Balaban J connectivity index is 2.15. The summed E-state index contributed by atoms with van der Waals surface area (Å²) in [5, 5.41) is 2.43. The van der Waals surface area contributed by atoms with Crippen LogP contribution in [-0.4, -0.2) is 13.1 Å². The topological polar surface area (TPSA) is 32.3 Å². The molecule has 0 unspecified atom stereocenters. The monoisotopic (exact) mass is 340 g/mol. The lowest BCUT2D eigenvalue weighted by Crippen LogP contribution is -2.31. The predicted molar refractivity (Wildman–Crippen MR) is 77.9 cm³/mol. The summed E-state index contributed by atoms with van der Waals surface area (Å²) in [5.74, 6) is -1.49. The maximum Gasteiger partial charge on any atom is 0.326 e. The number of halogens is 3. The molecule has 2 aromatic carbocycles. The normalized spacial score (nSPS) is 10.2. The maximum absolute atomic E-state index is 13.0. The summed E-state index contributed by atoms with van der Waals surface area (Å²) in [6, 6.07) is 9.47. The number of amides is 2. The van der Waals surface area contributed by atoms with Crippen molar-refractivity contribution in [3.05, 3.63) is 58.6 Å². The maximum atomic E-state index is 13.0. The fourth-order valence-electron chi connectivity index (χ4n) is 1.64. The first-order chi connectivity index (χ1) is 9.45. The summed E-state index contributed by atoms with van der Waals surface area (Å²) in [6.07, 6.45) is 0. The van der Waals surface area contributed by atoms with Crippen LogP contribution in [0.5, 0.6) is 0 Å². The van der Waals surface area contributed by atoms with Crippen LogP contribution in [0.3, 0.4) is 0 Å². The van der Waals surface area contributed by atoms with Crippen LogP contribution in [0.25, 0.3) is 0 Å². The van der Waals surface area contributed by atoms with E-state index < -0.39 is 17.7 Å². The zero-order valence-corrected chi connectivity index (χ0v) is 12.1. The van der Waals surface area contributed by atoms with Crippen LogP contribution in [0.4, 0.5) is 25.0 Å². The first kappa shape index (κ1) is 14.5. The first-order valence-corrected chi connectivity index (χ1v) is 6.51. The van der Waals surface area contributed by atoms with Crippen LogP contribution in [-0.2, 0) is 0 Å². The van der Waals surface area contributed by atoms with Crippen molar-refractivity contribution in [3.63, 3.8) is 0 Å². The zero-order chi connectivity index (χ0) is 14.7. The van der Waals surface area contributed by atoms with Crippen molar-refractivity contribution in [2.24, 2.45) is 0 Å². The van der Waals surface area contributed by atoms with Gasteiger partial charge in [0.15, 0.2) is 0 Å². The molecule has 0 bridgehead atoms. The van der Waals surface area contributed by atoms with E-state index in [1.807, 2.05) is 6.07 Å². The molecule has 0 heterocycles. The average molecular weight is 341 g/mol. The van der Waals surface area contributed by atoms with E-state index in [1.54, 1.807) is 25.2 Å². The molecule has 0 aliphatic heterocycles. The van der Waals surface area contributed by atoms with Gasteiger partial charge in [0.05, 0.1) is 0 Å². The smallest absolute Gasteiger partial charge is 0.307 e. The summed E-state index contributed by atoms with van der Waals surface area (Å²) in [6.45, 7) is 0. The molecule has 0 atom stereocenters. The molecule has 20 heavy (non-hydrogen) atoms. The summed E-state index contributed by atoms with van der Waals surface area (Å²) >= 11 is 3.31. The summed E-state index contributed by atoms with van der Waals surface area (Å²) < 4.78 is 26.9. The number of rotatable bonds is 2. The van der Waals surface area contributed by atoms with E-state index in [2.05, 4.69) is 21.2 Å². The van der Waals surface area contributed by atoms with Gasteiger partial charge in [0.2, 0.25) is 0 Å². The van der Waals surface area contributed by atoms with Crippen LogP contribution in [0.2, 0.25) is 0 Å². The van der Waals surface area contributed by atoms with Gasteiger partial charge in [-0.2, -0.15) is 0 Å². The van der Waals surface area contributed by atoms with Crippen molar-refractivity contribution in [2.75, 3.05) is 17.3 Å². The third-order valence-electron chi connectivity index (χ3n) is 2.61. The molecule has 6 heteroatoms. The molecule has 104 valence electrons. The fraction of sp³-hybridized carbons (Fsp3) is 0.0714. The highest BCUT2D eigenvalue weighted by atomic mass is 79.9. The third kappa shape index (κ3) is 3.54. The van der Waals surface area contributed by atoms with Crippen LogP contribution in [0.15, 0.2) is 46.9 Å². The first-order valence-electron chi connectivity index (χ1n) is 5.72. The van der Waals surface area contributed by atoms with E-state index in [0.29, 0.717) is 5.69 Å². The Bertz CT molecular complexity index is 629. The molecule has 0 aromatic heterocycles. The minimum absolute atomic E-state index is 0.0642. The SMILES string of the molecule is CN(C(=O)Nc1cc(F)cc(F)c1)c1cccc(Br)c1. The van der Waals surface area contributed by atoms with E-state index in [4.69, 9.17) is 0 Å². The summed E-state index contributed by atoms with van der Waals surface area (Å²) in [7, 11) is 1.56. The molecule has 0 spiro atoms. The fourth-order valence-corrected chi connectivity index (χ4v) is 2.02. The lowest BCUT2D eigenvalue weighted by molar-refractivity contribution is 0.258. The second kappa shape index (κ2) is 6.00. The predicted octanol–water partition coefficient (Wildman–Crippen LogP) is 4.40. The van der Waals surface area contributed by atoms with E-state index >= 15 is 0 Å².